The first-order valence-electron chi connectivity index (χ1n) is 4.86. The molecule has 3 heteroatoms. The van der Waals surface area contributed by atoms with E-state index in [0.717, 1.165) is 18.9 Å². The molecule has 13 heavy (non-hydrogen) atoms. The van der Waals surface area contributed by atoms with E-state index in [1.165, 1.54) is 12.8 Å². The summed E-state index contributed by atoms with van der Waals surface area (Å²) in [5.41, 5.74) is 0. The molecule has 0 bridgehead atoms. The lowest BCUT2D eigenvalue weighted by molar-refractivity contribution is 0.243. The second kappa shape index (κ2) is 5.02. The van der Waals surface area contributed by atoms with Gasteiger partial charge in [-0.3, -0.25) is 0 Å². The first-order valence-corrected chi connectivity index (χ1v) is 4.86. The van der Waals surface area contributed by atoms with E-state index in [4.69, 9.17) is 0 Å². The van der Waals surface area contributed by atoms with E-state index in [0.29, 0.717) is 6.04 Å². The van der Waals surface area contributed by atoms with Crippen molar-refractivity contribution in [1.29, 1.82) is 0 Å². The van der Waals surface area contributed by atoms with Crippen molar-refractivity contribution in [3.8, 4) is 0 Å². The van der Waals surface area contributed by atoms with Crippen LogP contribution in [0.4, 0.5) is 0 Å². The molecule has 0 spiro atoms. The minimum Gasteiger partial charge on any atom is -0.357 e. The number of hydrogen-bond donors (Lipinski definition) is 1. The Hall–Kier alpha value is -0.830. The number of rotatable bonds is 3. The molecule has 0 unspecified atom stereocenters. The monoisotopic (exact) mass is 181 g/mol. The molecule has 1 fully saturated rings. The van der Waals surface area contributed by atoms with Gasteiger partial charge in [-0.2, -0.15) is 0 Å². The maximum Gasteiger partial charge on any atom is 0.123 e. The predicted octanol–water partition coefficient (Wildman–Crippen LogP) is 1.23. The maximum absolute atomic E-state index is 4.00. The van der Waals surface area contributed by atoms with Gasteiger partial charge >= 0.3 is 0 Å². The van der Waals surface area contributed by atoms with Crippen LogP contribution >= 0.6 is 0 Å². The van der Waals surface area contributed by atoms with Gasteiger partial charge in [0.25, 0.3) is 0 Å². The number of nitrogens with zero attached hydrogens (tertiary/aromatic N) is 2. The highest BCUT2D eigenvalue weighted by atomic mass is 15.2. The average molecular weight is 181 g/mol. The minimum absolute atomic E-state index is 0.623. The van der Waals surface area contributed by atoms with Crippen LogP contribution in [0.1, 0.15) is 19.8 Å². The molecular weight excluding hydrogens is 162 g/mol. The molecule has 0 aromatic carbocycles. The van der Waals surface area contributed by atoms with E-state index < -0.39 is 0 Å². The summed E-state index contributed by atoms with van der Waals surface area (Å²) in [7, 11) is 2.10. The Morgan fingerprint density at radius 3 is 2.62 bits per heavy atom. The van der Waals surface area contributed by atoms with Gasteiger partial charge < -0.3 is 10.2 Å². The van der Waals surface area contributed by atoms with E-state index in [9.17, 15) is 0 Å². The van der Waals surface area contributed by atoms with Crippen molar-refractivity contribution < 1.29 is 0 Å². The van der Waals surface area contributed by atoms with Crippen molar-refractivity contribution in [2.24, 2.45) is 4.99 Å². The van der Waals surface area contributed by atoms with Crippen molar-refractivity contribution >= 4 is 6.72 Å². The molecule has 0 radical (unpaired) electrons. The summed E-state index contributed by atoms with van der Waals surface area (Å²) >= 11 is 0. The van der Waals surface area contributed by atoms with Crippen molar-refractivity contribution in [2.45, 2.75) is 25.8 Å². The average Bonchev–Trinajstić information content (AvgIpc) is 2.21. The van der Waals surface area contributed by atoms with Gasteiger partial charge in [0.1, 0.15) is 5.82 Å². The summed E-state index contributed by atoms with van der Waals surface area (Å²) in [4.78, 5) is 6.23. The Kier molecular flexibility index (Phi) is 3.96. The van der Waals surface area contributed by atoms with E-state index in [1.807, 2.05) is 13.0 Å². The zero-order valence-electron chi connectivity index (χ0n) is 8.58. The van der Waals surface area contributed by atoms with Gasteiger partial charge in [-0.1, -0.05) is 0 Å². The van der Waals surface area contributed by atoms with Crippen LogP contribution in [0.25, 0.3) is 0 Å². The lowest BCUT2D eigenvalue weighted by atomic mass is 10.1. The molecule has 74 valence electrons. The second-order valence-electron chi connectivity index (χ2n) is 3.40. The highest BCUT2D eigenvalue weighted by Crippen LogP contribution is 2.15. The third kappa shape index (κ3) is 2.56. The number of piperidine rings is 1. The lowest BCUT2D eigenvalue weighted by Crippen LogP contribution is -2.40. The van der Waals surface area contributed by atoms with Gasteiger partial charge in [-0.15, -0.1) is 0 Å². The minimum atomic E-state index is 0.623. The third-order valence-corrected chi connectivity index (χ3v) is 2.64. The van der Waals surface area contributed by atoms with Crippen LogP contribution < -0.4 is 5.32 Å². The second-order valence-corrected chi connectivity index (χ2v) is 3.40. The summed E-state index contributed by atoms with van der Waals surface area (Å²) in [6.45, 7) is 7.80. The number of nitrogens with one attached hydrogen (secondary N) is 1. The normalized spacial score (nSPS) is 20.0. The molecule has 1 aliphatic rings. The molecule has 0 aromatic rings. The Labute approximate surface area is 80.5 Å². The molecule has 1 rings (SSSR count). The topological polar surface area (TPSA) is 27.6 Å². The van der Waals surface area contributed by atoms with E-state index in [2.05, 4.69) is 29.0 Å². The van der Waals surface area contributed by atoms with Crippen molar-refractivity contribution in [3.63, 3.8) is 0 Å². The molecule has 1 N–H and O–H groups in total. The summed E-state index contributed by atoms with van der Waals surface area (Å²) in [6.07, 6.45) is 4.40. The van der Waals surface area contributed by atoms with E-state index >= 15 is 0 Å². The Morgan fingerprint density at radius 1 is 1.54 bits per heavy atom. The van der Waals surface area contributed by atoms with Crippen molar-refractivity contribution in [2.75, 3.05) is 20.1 Å². The van der Waals surface area contributed by atoms with Crippen LogP contribution in [-0.2, 0) is 0 Å². The highest BCUT2D eigenvalue weighted by molar-refractivity contribution is 5.28. The molecule has 1 aliphatic heterocycles. The van der Waals surface area contributed by atoms with Crippen LogP contribution in [-0.4, -0.2) is 37.8 Å². The highest BCUT2D eigenvalue weighted by Gasteiger charge is 2.18. The molecule has 0 aromatic heterocycles. The first-order chi connectivity index (χ1) is 6.29. The molecule has 0 atom stereocenters. The summed E-state index contributed by atoms with van der Waals surface area (Å²) in [5.74, 6) is 0.993. The van der Waals surface area contributed by atoms with Crippen LogP contribution in [0.3, 0.4) is 0 Å². The van der Waals surface area contributed by atoms with Gasteiger partial charge in [0, 0.05) is 13.1 Å². The largest absolute Gasteiger partial charge is 0.357 e. The zero-order chi connectivity index (χ0) is 9.68. The fourth-order valence-corrected chi connectivity index (χ4v) is 1.79. The molecule has 0 amide bonds. The van der Waals surface area contributed by atoms with Crippen LogP contribution in [0.15, 0.2) is 16.9 Å². The van der Waals surface area contributed by atoms with Gasteiger partial charge in [-0.05, 0) is 45.6 Å². The van der Waals surface area contributed by atoms with Crippen molar-refractivity contribution in [3.05, 3.63) is 11.9 Å². The maximum atomic E-state index is 4.00. The number of hydrogen-bond acceptors (Lipinski definition) is 3. The van der Waals surface area contributed by atoms with Crippen LogP contribution in [0, 0.1) is 0 Å². The standard InChI is InChI=1S/C10H19N3/c1-4-10(11-2)13(3)9-5-7-12-8-6-9/h4,9,12H,2,5-8H2,1,3H3/b10-4+. The number of allylic oxidation sites excluding steroid dienone is 1. The quantitative estimate of drug-likeness (QED) is 0.663. The van der Waals surface area contributed by atoms with E-state index in [1.54, 1.807) is 0 Å². The summed E-state index contributed by atoms with van der Waals surface area (Å²) in [5, 5.41) is 3.35. The predicted molar refractivity (Wildman–Crippen MR) is 57.0 cm³/mol. The molecule has 1 saturated heterocycles. The van der Waals surface area contributed by atoms with Gasteiger partial charge in [0.15, 0.2) is 0 Å². The van der Waals surface area contributed by atoms with E-state index in [-0.39, 0.29) is 0 Å². The fourth-order valence-electron chi connectivity index (χ4n) is 1.79. The third-order valence-electron chi connectivity index (χ3n) is 2.64. The lowest BCUT2D eigenvalue weighted by Gasteiger charge is -2.33. The Morgan fingerprint density at radius 2 is 2.15 bits per heavy atom. The Balaban J connectivity index is 2.53. The Bertz CT molecular complexity index is 192. The summed E-state index contributed by atoms with van der Waals surface area (Å²) < 4.78 is 0. The fraction of sp³-hybridized carbons (Fsp3) is 0.700. The first kappa shape index (κ1) is 10.3. The van der Waals surface area contributed by atoms with Gasteiger partial charge in [0.05, 0.1) is 0 Å². The van der Waals surface area contributed by atoms with Gasteiger partial charge in [0.2, 0.25) is 0 Å². The molecule has 0 saturated carbocycles. The van der Waals surface area contributed by atoms with Crippen molar-refractivity contribution in [1.82, 2.24) is 10.2 Å². The molecule has 0 aliphatic carbocycles. The zero-order valence-corrected chi connectivity index (χ0v) is 8.58. The van der Waals surface area contributed by atoms with Crippen LogP contribution in [0.2, 0.25) is 0 Å². The van der Waals surface area contributed by atoms with Gasteiger partial charge in [-0.25, -0.2) is 4.99 Å². The van der Waals surface area contributed by atoms with Crippen LogP contribution in [0.5, 0.6) is 0 Å². The summed E-state index contributed by atoms with van der Waals surface area (Å²) in [6, 6.07) is 0.623. The number of aliphatic imine (C=N–C) groups is 1. The molecule has 3 nitrogen and oxygen atoms in total. The molecular formula is C10H19N3. The SMILES string of the molecule is C=N/C(=C\C)N(C)C1CCNCC1. The smallest absolute Gasteiger partial charge is 0.123 e. The molecule has 1 heterocycles.